The summed E-state index contributed by atoms with van der Waals surface area (Å²) in [6.07, 6.45) is 0. The van der Waals surface area contributed by atoms with Gasteiger partial charge in [0.25, 0.3) is 5.91 Å². The van der Waals surface area contributed by atoms with Crippen LogP contribution in [0.5, 0.6) is 0 Å². The van der Waals surface area contributed by atoms with E-state index in [0.717, 1.165) is 16.2 Å². The van der Waals surface area contributed by atoms with Crippen LogP contribution < -0.4 is 20.4 Å². The molecule has 39 heavy (non-hydrogen) atoms. The lowest BCUT2D eigenvalue weighted by atomic mass is 9.87. The minimum absolute atomic E-state index is 0.0249. The number of nitrogens with one attached hydrogen (secondary N) is 2. The Morgan fingerprint density at radius 2 is 1.23 bits per heavy atom. The lowest BCUT2D eigenvalue weighted by molar-refractivity contribution is 0.0977. The van der Waals surface area contributed by atoms with E-state index >= 15 is 0 Å². The maximum atomic E-state index is 14.2. The summed E-state index contributed by atoms with van der Waals surface area (Å²) in [5.74, 6) is -10.1. The molecule has 3 aromatic carbocycles. The maximum absolute atomic E-state index is 14.2. The third-order valence-corrected chi connectivity index (χ3v) is 6.72. The Bertz CT molecular complexity index is 1350. The highest BCUT2D eigenvalue weighted by Gasteiger charge is 2.30. The molecule has 0 radical (unpaired) electrons. The zero-order valence-electron chi connectivity index (χ0n) is 21.5. The van der Waals surface area contributed by atoms with Crippen molar-refractivity contribution in [3.8, 4) is 0 Å². The molecular formula is C28H27F5N4OS. The standard InChI is InChI=1S/C28H27F5N4OS/c1-28(2,3)17-6-4-16(5-7-17)26(38)35-27(39)34-18-8-10-19(11-9-18)36-12-14-37(15-13-36)25-23(32)21(30)20(29)22(31)24(25)33/h4-11H,12-15H2,1-3H3,(H2,34,35,38,39). The number of carbonyl (C=O) groups is 1. The van der Waals surface area contributed by atoms with Crippen molar-refractivity contribution in [2.45, 2.75) is 26.2 Å². The van der Waals surface area contributed by atoms with Gasteiger partial charge in [-0.2, -0.15) is 0 Å². The number of benzene rings is 3. The van der Waals surface area contributed by atoms with Gasteiger partial charge in [-0.3, -0.25) is 10.1 Å². The Morgan fingerprint density at radius 1 is 0.744 bits per heavy atom. The number of hydrogen-bond donors (Lipinski definition) is 2. The first-order chi connectivity index (χ1) is 18.4. The topological polar surface area (TPSA) is 47.6 Å². The van der Waals surface area contributed by atoms with Gasteiger partial charge in [-0.25, -0.2) is 22.0 Å². The van der Waals surface area contributed by atoms with Crippen molar-refractivity contribution in [2.24, 2.45) is 0 Å². The van der Waals surface area contributed by atoms with Crippen molar-refractivity contribution in [3.05, 3.63) is 88.7 Å². The van der Waals surface area contributed by atoms with Crippen LogP contribution in [0.15, 0.2) is 48.5 Å². The molecule has 5 nitrogen and oxygen atoms in total. The van der Waals surface area contributed by atoms with Crippen LogP contribution in [0.25, 0.3) is 0 Å². The van der Waals surface area contributed by atoms with Crippen LogP contribution in [0.4, 0.5) is 39.0 Å². The minimum atomic E-state index is -2.17. The SMILES string of the molecule is CC(C)(C)c1ccc(C(=O)NC(=S)Nc2ccc(N3CCN(c4c(F)c(F)c(F)c(F)c4F)CC3)cc2)cc1. The predicted octanol–water partition coefficient (Wildman–Crippen LogP) is 6.13. The molecule has 0 aliphatic carbocycles. The second kappa shape index (κ2) is 11.2. The number of thiocarbonyl (C=S) groups is 1. The molecule has 1 saturated heterocycles. The van der Waals surface area contributed by atoms with E-state index in [4.69, 9.17) is 12.2 Å². The molecule has 0 saturated carbocycles. The van der Waals surface area contributed by atoms with Gasteiger partial charge in [0.1, 0.15) is 5.69 Å². The van der Waals surface area contributed by atoms with Crippen LogP contribution in [0.2, 0.25) is 0 Å². The first-order valence-electron chi connectivity index (χ1n) is 12.2. The fourth-order valence-corrected chi connectivity index (χ4v) is 4.48. The summed E-state index contributed by atoms with van der Waals surface area (Å²) in [7, 11) is 0. The van der Waals surface area contributed by atoms with E-state index in [2.05, 4.69) is 31.4 Å². The van der Waals surface area contributed by atoms with Gasteiger partial charge in [0.15, 0.2) is 28.4 Å². The Labute approximate surface area is 228 Å². The van der Waals surface area contributed by atoms with Gasteiger partial charge in [0, 0.05) is 43.1 Å². The summed E-state index contributed by atoms with van der Waals surface area (Å²) in [5, 5.41) is 5.73. The van der Waals surface area contributed by atoms with Crippen molar-refractivity contribution in [1.29, 1.82) is 0 Å². The van der Waals surface area contributed by atoms with Gasteiger partial charge in [0.2, 0.25) is 5.82 Å². The van der Waals surface area contributed by atoms with Crippen molar-refractivity contribution in [2.75, 3.05) is 41.3 Å². The molecule has 1 aliphatic heterocycles. The summed E-state index contributed by atoms with van der Waals surface area (Å²) in [6, 6.07) is 14.4. The van der Waals surface area contributed by atoms with E-state index in [-0.39, 0.29) is 29.5 Å². The number of hydrogen-bond acceptors (Lipinski definition) is 4. The van der Waals surface area contributed by atoms with Crippen molar-refractivity contribution < 1.29 is 26.7 Å². The summed E-state index contributed by atoms with van der Waals surface area (Å²) in [4.78, 5) is 15.6. The summed E-state index contributed by atoms with van der Waals surface area (Å²) in [6.45, 7) is 6.99. The lowest BCUT2D eigenvalue weighted by Crippen LogP contribution is -2.47. The van der Waals surface area contributed by atoms with Crippen LogP contribution in [0, 0.1) is 29.1 Å². The molecule has 1 aliphatic rings. The second-order valence-electron chi connectivity index (χ2n) is 10.2. The van der Waals surface area contributed by atoms with Crippen LogP contribution in [0.1, 0.15) is 36.7 Å². The van der Waals surface area contributed by atoms with Gasteiger partial charge >= 0.3 is 0 Å². The molecule has 1 heterocycles. The van der Waals surface area contributed by atoms with E-state index in [0.29, 0.717) is 24.3 Å². The molecular weight excluding hydrogens is 535 g/mol. The number of piperazine rings is 1. The number of anilines is 3. The Hall–Kier alpha value is -3.73. The smallest absolute Gasteiger partial charge is 0.257 e. The quantitative estimate of drug-likeness (QED) is 0.173. The highest BCUT2D eigenvalue weighted by molar-refractivity contribution is 7.80. The fraction of sp³-hybridized carbons (Fsp3) is 0.286. The highest BCUT2D eigenvalue weighted by atomic mass is 32.1. The first kappa shape index (κ1) is 28.3. The number of carbonyl (C=O) groups excluding carboxylic acids is 1. The molecule has 3 aromatic rings. The average Bonchev–Trinajstić information content (AvgIpc) is 2.91. The van der Waals surface area contributed by atoms with Gasteiger partial charge in [-0.1, -0.05) is 32.9 Å². The van der Waals surface area contributed by atoms with E-state index in [1.54, 1.807) is 36.4 Å². The molecule has 1 fully saturated rings. The Kier molecular flexibility index (Phi) is 8.10. The Morgan fingerprint density at radius 3 is 1.74 bits per heavy atom. The van der Waals surface area contributed by atoms with Gasteiger partial charge in [0.05, 0.1) is 0 Å². The van der Waals surface area contributed by atoms with Crippen molar-refractivity contribution in [3.63, 3.8) is 0 Å². The van der Waals surface area contributed by atoms with E-state index in [9.17, 15) is 26.7 Å². The van der Waals surface area contributed by atoms with Crippen molar-refractivity contribution >= 4 is 40.3 Å². The van der Waals surface area contributed by atoms with Crippen LogP contribution in [-0.4, -0.2) is 37.2 Å². The molecule has 4 rings (SSSR count). The predicted molar refractivity (Wildman–Crippen MR) is 146 cm³/mol. The summed E-state index contributed by atoms with van der Waals surface area (Å²) < 4.78 is 68.9. The first-order valence-corrected chi connectivity index (χ1v) is 12.6. The van der Waals surface area contributed by atoms with Gasteiger partial charge in [-0.05, 0) is 59.6 Å². The summed E-state index contributed by atoms with van der Waals surface area (Å²) >= 11 is 5.26. The zero-order valence-corrected chi connectivity index (χ0v) is 22.4. The largest absolute Gasteiger partial charge is 0.368 e. The number of amides is 1. The molecule has 11 heteroatoms. The number of rotatable bonds is 4. The molecule has 1 amide bonds. The van der Waals surface area contributed by atoms with Crippen LogP contribution >= 0.6 is 12.2 Å². The third-order valence-electron chi connectivity index (χ3n) is 6.51. The van der Waals surface area contributed by atoms with Gasteiger partial charge < -0.3 is 15.1 Å². The molecule has 2 N–H and O–H groups in total. The van der Waals surface area contributed by atoms with E-state index < -0.39 is 34.8 Å². The molecule has 0 aromatic heterocycles. The highest BCUT2D eigenvalue weighted by Crippen LogP contribution is 2.31. The van der Waals surface area contributed by atoms with Crippen LogP contribution in [-0.2, 0) is 5.41 Å². The molecule has 206 valence electrons. The molecule has 0 unspecified atom stereocenters. The average molecular weight is 563 g/mol. The van der Waals surface area contributed by atoms with Crippen LogP contribution in [0.3, 0.4) is 0 Å². The minimum Gasteiger partial charge on any atom is -0.368 e. The zero-order chi connectivity index (χ0) is 28.5. The lowest BCUT2D eigenvalue weighted by Gasteiger charge is -2.37. The van der Waals surface area contributed by atoms with Crippen molar-refractivity contribution in [1.82, 2.24) is 5.32 Å². The monoisotopic (exact) mass is 562 g/mol. The number of nitrogens with zero attached hydrogens (tertiary/aromatic N) is 2. The van der Waals surface area contributed by atoms with E-state index in [1.807, 2.05) is 17.0 Å². The van der Waals surface area contributed by atoms with Gasteiger partial charge in [-0.15, -0.1) is 0 Å². The fourth-order valence-electron chi connectivity index (χ4n) is 4.27. The Balaban J connectivity index is 1.33. The maximum Gasteiger partial charge on any atom is 0.257 e. The van der Waals surface area contributed by atoms with E-state index in [1.165, 1.54) is 0 Å². The summed E-state index contributed by atoms with van der Waals surface area (Å²) in [5.41, 5.74) is 2.08. The molecule has 0 spiro atoms. The molecule has 0 atom stereocenters. The molecule has 0 bridgehead atoms. The third kappa shape index (κ3) is 6.13. The second-order valence-corrected chi connectivity index (χ2v) is 10.6. The number of halogens is 5. The normalized spacial score (nSPS) is 13.8.